The summed E-state index contributed by atoms with van der Waals surface area (Å²) in [5.74, 6) is 0.402. The maximum absolute atomic E-state index is 13.0. The fourth-order valence-corrected chi connectivity index (χ4v) is 9.88. The highest BCUT2D eigenvalue weighted by Gasteiger charge is 2.37. The zero-order chi connectivity index (χ0) is 45.5. The molecule has 8 heterocycles. The molecule has 0 bridgehead atoms. The van der Waals surface area contributed by atoms with Gasteiger partial charge in [-0.1, -0.05) is 29.8 Å². The summed E-state index contributed by atoms with van der Waals surface area (Å²) in [5.41, 5.74) is 4.31. The zero-order valence-electron chi connectivity index (χ0n) is 36.1. The van der Waals surface area contributed by atoms with E-state index >= 15 is 0 Å². The van der Waals surface area contributed by atoms with Gasteiger partial charge in [0.25, 0.3) is 5.91 Å². The van der Waals surface area contributed by atoms with Crippen molar-refractivity contribution in [1.82, 2.24) is 29.8 Å². The fourth-order valence-electron chi connectivity index (χ4n) is 6.41. The highest BCUT2D eigenvalue weighted by molar-refractivity contribution is 7.16. The van der Waals surface area contributed by atoms with Gasteiger partial charge in [-0.3, -0.25) is 9.89 Å². The summed E-state index contributed by atoms with van der Waals surface area (Å²) in [6.07, 6.45) is 2.77. The van der Waals surface area contributed by atoms with Gasteiger partial charge in [-0.15, -0.1) is 22.7 Å². The van der Waals surface area contributed by atoms with Crippen LogP contribution in [-0.4, -0.2) is 90.4 Å². The van der Waals surface area contributed by atoms with Gasteiger partial charge in [-0.2, -0.15) is 32.9 Å². The second-order valence-electron chi connectivity index (χ2n) is 17.1. The van der Waals surface area contributed by atoms with Crippen LogP contribution >= 0.6 is 68.5 Å². The molecule has 8 rings (SSSR count). The summed E-state index contributed by atoms with van der Waals surface area (Å²) < 4.78 is 13.9. The summed E-state index contributed by atoms with van der Waals surface area (Å²) in [4.78, 5) is 43.0. The third-order valence-electron chi connectivity index (χ3n) is 9.70. The minimum Gasteiger partial charge on any atom is -0.508 e. The number of likely N-dealkylation sites (tertiary alicyclic amines) is 2. The van der Waals surface area contributed by atoms with Crippen LogP contribution in [-0.2, 0) is 35.2 Å². The monoisotopic (exact) mass is 970 g/mol. The van der Waals surface area contributed by atoms with Crippen molar-refractivity contribution < 1.29 is 29.0 Å². The molecule has 12 nitrogen and oxygen atoms in total. The number of nitrogens with one attached hydrogen (secondary N) is 1. The van der Waals surface area contributed by atoms with Gasteiger partial charge in [0.15, 0.2) is 0 Å². The van der Waals surface area contributed by atoms with E-state index in [1.807, 2.05) is 99.5 Å². The zero-order valence-corrected chi connectivity index (χ0v) is 40.8. The lowest BCUT2D eigenvalue weighted by atomic mass is 9.96. The van der Waals surface area contributed by atoms with Crippen molar-refractivity contribution in [2.45, 2.75) is 90.3 Å². The molecule has 6 aromatic heterocycles. The Bertz CT molecular complexity index is 2450. The Morgan fingerprint density at radius 1 is 0.746 bits per heavy atom. The quantitative estimate of drug-likeness (QED) is 0.129. The minimum absolute atomic E-state index is 0.0963. The van der Waals surface area contributed by atoms with E-state index in [4.69, 9.17) is 37.8 Å². The van der Waals surface area contributed by atoms with Crippen LogP contribution in [0.5, 0.6) is 0 Å². The number of thiophene rings is 4. The van der Waals surface area contributed by atoms with Gasteiger partial charge in [0.1, 0.15) is 17.0 Å². The number of hydrogen-bond donors (Lipinski definition) is 2. The number of hydrogen-bond acceptors (Lipinski definition) is 12. The van der Waals surface area contributed by atoms with E-state index in [9.17, 15) is 14.4 Å². The van der Waals surface area contributed by atoms with Crippen molar-refractivity contribution in [2.24, 2.45) is 0 Å². The van der Waals surface area contributed by atoms with E-state index in [0.717, 1.165) is 56.3 Å². The molecule has 2 amide bonds. The van der Waals surface area contributed by atoms with Crippen LogP contribution in [0, 0.1) is 0 Å². The van der Waals surface area contributed by atoms with Gasteiger partial charge < -0.3 is 24.4 Å². The fraction of sp³-hybridized carbons (Fsp3) is 0.400. The molecule has 2 saturated heterocycles. The number of carbonyl (C=O) groups excluding carboxylic acids is 3. The molecule has 336 valence electrons. The van der Waals surface area contributed by atoms with E-state index in [0.29, 0.717) is 44.1 Å². The average molecular weight is 972 g/mol. The number of ether oxygens (including phenoxy) is 2. The number of H-pyrrole nitrogens is 1. The Hall–Kier alpha value is -4.45. The summed E-state index contributed by atoms with van der Waals surface area (Å²) in [6, 6.07) is 15.6. The van der Waals surface area contributed by atoms with Crippen LogP contribution in [0.15, 0.2) is 76.6 Å². The summed E-state index contributed by atoms with van der Waals surface area (Å²) >= 11 is 18.2. The maximum Gasteiger partial charge on any atom is 0.410 e. The number of nitrogens with zero attached hydrogens (tertiary/aromatic N) is 5. The van der Waals surface area contributed by atoms with Crippen molar-refractivity contribution in [2.75, 3.05) is 26.2 Å². The van der Waals surface area contributed by atoms with E-state index in [2.05, 4.69) is 34.0 Å². The summed E-state index contributed by atoms with van der Waals surface area (Å²) in [5, 5.41) is 28.3. The van der Waals surface area contributed by atoms with Gasteiger partial charge in [0.05, 0.1) is 25.6 Å². The first kappa shape index (κ1) is 48.0. The number of aromatic amines is 1. The van der Waals surface area contributed by atoms with Crippen molar-refractivity contribution in [3.63, 3.8) is 0 Å². The molecule has 18 heteroatoms. The molecule has 2 fully saturated rings. The first-order chi connectivity index (χ1) is 29.8. The van der Waals surface area contributed by atoms with Crippen molar-refractivity contribution >= 4 is 92.4 Å². The molecule has 0 aromatic carbocycles. The molecule has 0 atom stereocenters. The van der Waals surface area contributed by atoms with Crippen LogP contribution < -0.4 is 0 Å². The molecule has 0 aliphatic carbocycles. The predicted molar refractivity (Wildman–Crippen MR) is 255 cm³/mol. The number of aromatic nitrogens is 4. The predicted octanol–water partition coefficient (Wildman–Crippen LogP) is 12.0. The molecule has 0 spiro atoms. The average Bonchev–Trinajstić information content (AvgIpc) is 4.01. The molecule has 6 aromatic rings. The smallest absolute Gasteiger partial charge is 0.410 e. The highest BCUT2D eigenvalue weighted by atomic mass is 35.5. The Morgan fingerprint density at radius 3 is 1.70 bits per heavy atom. The van der Waals surface area contributed by atoms with Gasteiger partial charge >= 0.3 is 12.2 Å². The van der Waals surface area contributed by atoms with Gasteiger partial charge in [-0.05, 0) is 127 Å². The van der Waals surface area contributed by atoms with E-state index < -0.39 is 11.2 Å². The van der Waals surface area contributed by atoms with E-state index in [-0.39, 0.29) is 29.8 Å². The van der Waals surface area contributed by atoms with Crippen LogP contribution in [0.2, 0.25) is 8.67 Å². The van der Waals surface area contributed by atoms with Gasteiger partial charge in [0.2, 0.25) is 0 Å². The molecule has 2 N–H and O–H groups in total. The molecular weight excluding hydrogens is 920 g/mol. The molecule has 0 radical (unpaired) electrons. The first-order valence-electron chi connectivity index (χ1n) is 20.3. The van der Waals surface area contributed by atoms with Gasteiger partial charge in [0, 0.05) is 75.5 Å². The lowest BCUT2D eigenvalue weighted by Gasteiger charge is -2.38. The standard InChI is InChI=1S/C22H24ClN3O3S2.C17H22ClN3O2S.C6H6OS/c1-22(2,3)29-21(28)25-11-15(12-25)18-10-16(4-5-17-6-7-19(23)31-17)26(24-18)20(27)14-8-9-30-13-14;1-17(2,3)23-16(22)21-9-11(10-21)14-8-12(19-20-14)4-5-13-6-7-15(18)24-13;1-5(7)6-2-3-8-4-6/h6-10,13,15H,4-5,11-12H2,1-3H3;6-8,11H,4-5,9-10H2,1-3H3,(H,19,20);2-4,7H,1H2. The summed E-state index contributed by atoms with van der Waals surface area (Å²) in [7, 11) is 0. The molecule has 0 unspecified atom stereocenters. The Kier molecular flexibility index (Phi) is 16.0. The van der Waals surface area contributed by atoms with Crippen LogP contribution in [0.1, 0.15) is 102 Å². The molecular formula is C45H52Cl2N6O6S4. The van der Waals surface area contributed by atoms with Crippen molar-refractivity contribution in [1.29, 1.82) is 0 Å². The third-order valence-corrected chi connectivity index (χ3v) is 13.6. The lowest BCUT2D eigenvalue weighted by molar-refractivity contribution is 0.00693. The second-order valence-corrected chi connectivity index (χ2v) is 22.3. The molecule has 0 saturated carbocycles. The van der Waals surface area contributed by atoms with Crippen LogP contribution in [0.25, 0.3) is 5.76 Å². The Labute approximate surface area is 394 Å². The molecule has 2 aliphatic rings. The number of amides is 2. The number of carbonyl (C=O) groups is 3. The van der Waals surface area contributed by atoms with Crippen molar-refractivity contribution in [3.8, 4) is 0 Å². The molecule has 63 heavy (non-hydrogen) atoms. The van der Waals surface area contributed by atoms with E-state index in [1.165, 1.54) is 25.8 Å². The minimum atomic E-state index is -0.519. The van der Waals surface area contributed by atoms with Gasteiger partial charge in [-0.25, -0.2) is 14.3 Å². The summed E-state index contributed by atoms with van der Waals surface area (Å²) in [6.45, 7) is 17.0. The second kappa shape index (κ2) is 21.0. The lowest BCUT2D eigenvalue weighted by Crippen LogP contribution is -2.50. The Morgan fingerprint density at radius 2 is 1.25 bits per heavy atom. The topological polar surface area (TPSA) is 143 Å². The number of aliphatic hydroxyl groups is 1. The SMILES string of the molecule is C=C(O)c1ccsc1.CC(C)(C)OC(=O)N1CC(c2cc(CCc3ccc(Cl)s3)[nH]n2)C1.CC(C)(C)OC(=O)N1CC(c2cc(CCc3ccc(Cl)s3)n(C(=O)c3ccsc3)n2)C1. The Balaban J connectivity index is 0.000000182. The highest BCUT2D eigenvalue weighted by Crippen LogP contribution is 2.31. The number of aliphatic hydroxyl groups excluding tert-OH is 1. The first-order valence-corrected chi connectivity index (χ1v) is 24.6. The third kappa shape index (κ3) is 14.0. The van der Waals surface area contributed by atoms with Crippen LogP contribution in [0.3, 0.4) is 0 Å². The number of rotatable bonds is 10. The number of aryl methyl sites for hydroxylation is 4. The largest absolute Gasteiger partial charge is 0.508 e. The molecule has 2 aliphatic heterocycles. The maximum atomic E-state index is 13.0. The van der Waals surface area contributed by atoms with Crippen molar-refractivity contribution in [3.05, 3.63) is 129 Å². The van der Waals surface area contributed by atoms with E-state index in [1.54, 1.807) is 43.8 Å². The van der Waals surface area contributed by atoms with Crippen LogP contribution in [0.4, 0.5) is 9.59 Å². The number of halogens is 2. The normalized spacial score (nSPS) is 14.2.